The highest BCUT2D eigenvalue weighted by atomic mass is 16.3. The zero-order valence-electron chi connectivity index (χ0n) is 6.96. The van der Waals surface area contributed by atoms with Gasteiger partial charge in [0, 0.05) is 6.04 Å². The molecule has 0 saturated carbocycles. The van der Waals surface area contributed by atoms with Gasteiger partial charge in [0.2, 0.25) is 5.88 Å². The number of hydrogen-bond acceptors (Lipinski definition) is 4. The van der Waals surface area contributed by atoms with Crippen LogP contribution in [0.4, 0.5) is 0 Å². The van der Waals surface area contributed by atoms with Crippen LogP contribution < -0.4 is 11.1 Å². The lowest BCUT2D eigenvalue weighted by atomic mass is 10.3. The molecule has 0 aliphatic carbocycles. The molecular weight excluding hydrogens is 158 g/mol. The van der Waals surface area contributed by atoms with Crippen molar-refractivity contribution in [2.45, 2.75) is 19.9 Å². The molecule has 12 heavy (non-hydrogen) atoms. The Kier molecular flexibility index (Phi) is 3.63. The van der Waals surface area contributed by atoms with E-state index in [4.69, 9.17) is 16.1 Å². The molecule has 0 aromatic heterocycles. The van der Waals surface area contributed by atoms with Crippen molar-refractivity contribution in [1.29, 1.82) is 5.26 Å². The van der Waals surface area contributed by atoms with Crippen LogP contribution in [0.1, 0.15) is 13.8 Å². The minimum atomic E-state index is -0.942. The van der Waals surface area contributed by atoms with E-state index < -0.39 is 17.4 Å². The van der Waals surface area contributed by atoms with Gasteiger partial charge in [0.1, 0.15) is 6.07 Å². The predicted octanol–water partition coefficient (Wildman–Crippen LogP) is -0.237. The van der Waals surface area contributed by atoms with Crippen molar-refractivity contribution >= 4 is 5.91 Å². The molecule has 0 aliphatic rings. The number of nitrogens with two attached hydrogens (primary N) is 1. The fraction of sp³-hybridized carbons (Fsp3) is 0.429. The molecule has 4 N–H and O–H groups in total. The van der Waals surface area contributed by atoms with E-state index in [0.29, 0.717) is 0 Å². The quantitative estimate of drug-likeness (QED) is 0.308. The molecule has 0 unspecified atom stereocenters. The number of hydrogen-bond donors (Lipinski definition) is 3. The average molecular weight is 169 g/mol. The summed E-state index contributed by atoms with van der Waals surface area (Å²) in [4.78, 5) is 10.5. The van der Waals surface area contributed by atoms with E-state index in [-0.39, 0.29) is 6.04 Å². The van der Waals surface area contributed by atoms with Crippen LogP contribution in [-0.4, -0.2) is 17.1 Å². The molecule has 0 spiro atoms. The van der Waals surface area contributed by atoms with Gasteiger partial charge in [-0.15, -0.1) is 0 Å². The number of aliphatic hydroxyl groups is 1. The molecule has 66 valence electrons. The molecule has 1 amide bonds. The Morgan fingerprint density at radius 2 is 2.17 bits per heavy atom. The van der Waals surface area contributed by atoms with Gasteiger partial charge in [0.15, 0.2) is 5.57 Å². The van der Waals surface area contributed by atoms with Gasteiger partial charge >= 0.3 is 0 Å². The van der Waals surface area contributed by atoms with Crippen LogP contribution in [0.5, 0.6) is 0 Å². The second-order valence-corrected chi connectivity index (χ2v) is 2.50. The predicted molar refractivity (Wildman–Crippen MR) is 42.7 cm³/mol. The fourth-order valence-corrected chi connectivity index (χ4v) is 0.570. The molecule has 0 aromatic rings. The van der Waals surface area contributed by atoms with Gasteiger partial charge in [-0.05, 0) is 13.8 Å². The zero-order chi connectivity index (χ0) is 9.72. The number of carbonyl (C=O) groups is 1. The Hall–Kier alpha value is -1.70. The Balaban J connectivity index is 4.64. The summed E-state index contributed by atoms with van der Waals surface area (Å²) < 4.78 is 0. The Morgan fingerprint density at radius 1 is 1.67 bits per heavy atom. The second-order valence-electron chi connectivity index (χ2n) is 2.50. The van der Waals surface area contributed by atoms with Crippen LogP contribution in [0.25, 0.3) is 0 Å². The molecular formula is C7H11N3O2. The molecule has 0 radical (unpaired) electrons. The normalized spacial score (nSPS) is 11.8. The van der Waals surface area contributed by atoms with E-state index in [9.17, 15) is 4.79 Å². The van der Waals surface area contributed by atoms with Gasteiger partial charge in [0.25, 0.3) is 5.91 Å². The van der Waals surface area contributed by atoms with E-state index in [1.54, 1.807) is 13.8 Å². The number of primary amides is 1. The third kappa shape index (κ3) is 2.92. The molecule has 0 aromatic carbocycles. The fourth-order valence-electron chi connectivity index (χ4n) is 0.570. The lowest BCUT2D eigenvalue weighted by Crippen LogP contribution is -2.26. The van der Waals surface area contributed by atoms with Crippen molar-refractivity contribution in [2.75, 3.05) is 0 Å². The molecule has 0 rings (SSSR count). The standard InChI is InChI=1S/C7H11N3O2/c1-4(2)10-7(12)5(3-8)6(9)11/h4,10,12H,1-2H3,(H2,9,11)/b7-5+. The summed E-state index contributed by atoms with van der Waals surface area (Å²) in [7, 11) is 0. The summed E-state index contributed by atoms with van der Waals surface area (Å²) in [6, 6.07) is 1.44. The summed E-state index contributed by atoms with van der Waals surface area (Å²) in [5.41, 5.74) is 4.35. The molecule has 0 fully saturated rings. The largest absolute Gasteiger partial charge is 0.494 e. The summed E-state index contributed by atoms with van der Waals surface area (Å²) in [6.45, 7) is 3.51. The first-order chi connectivity index (χ1) is 5.49. The number of nitrogens with one attached hydrogen (secondary N) is 1. The third-order valence-electron chi connectivity index (χ3n) is 1.02. The van der Waals surface area contributed by atoms with E-state index in [1.165, 1.54) is 6.07 Å². The summed E-state index contributed by atoms with van der Waals surface area (Å²) in [6.07, 6.45) is 0. The molecule has 0 saturated heterocycles. The SMILES string of the molecule is CC(C)N/C(O)=C(/C#N)C(N)=O. The molecule has 0 heterocycles. The van der Waals surface area contributed by atoms with Crippen molar-refractivity contribution in [2.24, 2.45) is 5.73 Å². The number of rotatable bonds is 3. The van der Waals surface area contributed by atoms with Crippen LogP contribution in [0.15, 0.2) is 11.5 Å². The lowest BCUT2D eigenvalue weighted by molar-refractivity contribution is -0.114. The Labute approximate surface area is 70.5 Å². The Bertz CT molecular complexity index is 250. The van der Waals surface area contributed by atoms with Crippen LogP contribution >= 0.6 is 0 Å². The van der Waals surface area contributed by atoms with E-state index in [0.717, 1.165) is 0 Å². The highest BCUT2D eigenvalue weighted by Crippen LogP contribution is 1.96. The van der Waals surface area contributed by atoms with Crippen LogP contribution in [-0.2, 0) is 4.79 Å². The van der Waals surface area contributed by atoms with Crippen LogP contribution in [0.3, 0.4) is 0 Å². The highest BCUT2D eigenvalue weighted by molar-refractivity contribution is 5.96. The number of nitriles is 1. The summed E-state index contributed by atoms with van der Waals surface area (Å²) >= 11 is 0. The first kappa shape index (κ1) is 10.3. The second kappa shape index (κ2) is 4.23. The molecule has 5 heteroatoms. The van der Waals surface area contributed by atoms with Gasteiger partial charge in [-0.2, -0.15) is 5.26 Å². The topological polar surface area (TPSA) is 99.1 Å². The van der Waals surface area contributed by atoms with Gasteiger partial charge in [0.05, 0.1) is 0 Å². The van der Waals surface area contributed by atoms with Crippen LogP contribution in [0, 0.1) is 11.3 Å². The highest BCUT2D eigenvalue weighted by Gasteiger charge is 2.11. The average Bonchev–Trinajstić information content (AvgIpc) is 1.85. The van der Waals surface area contributed by atoms with E-state index in [1.807, 2.05) is 0 Å². The maximum atomic E-state index is 10.5. The maximum absolute atomic E-state index is 10.5. The van der Waals surface area contributed by atoms with Crippen LogP contribution in [0.2, 0.25) is 0 Å². The van der Waals surface area contributed by atoms with Crippen molar-refractivity contribution < 1.29 is 9.90 Å². The molecule has 0 aliphatic heterocycles. The van der Waals surface area contributed by atoms with Gasteiger partial charge < -0.3 is 16.2 Å². The van der Waals surface area contributed by atoms with Crippen molar-refractivity contribution in [1.82, 2.24) is 5.32 Å². The zero-order valence-corrected chi connectivity index (χ0v) is 6.96. The smallest absolute Gasteiger partial charge is 0.264 e. The van der Waals surface area contributed by atoms with Gasteiger partial charge in [-0.3, -0.25) is 4.79 Å². The molecule has 0 bridgehead atoms. The minimum Gasteiger partial charge on any atom is -0.494 e. The molecule has 0 atom stereocenters. The van der Waals surface area contributed by atoms with Crippen molar-refractivity contribution in [3.63, 3.8) is 0 Å². The van der Waals surface area contributed by atoms with Crippen molar-refractivity contribution in [3.05, 3.63) is 11.5 Å². The van der Waals surface area contributed by atoms with Gasteiger partial charge in [-0.1, -0.05) is 0 Å². The lowest BCUT2D eigenvalue weighted by Gasteiger charge is -2.08. The first-order valence-electron chi connectivity index (χ1n) is 3.38. The number of amides is 1. The number of nitrogens with zero attached hydrogens (tertiary/aromatic N) is 1. The van der Waals surface area contributed by atoms with E-state index in [2.05, 4.69) is 5.32 Å². The Morgan fingerprint density at radius 3 is 2.42 bits per heavy atom. The first-order valence-corrected chi connectivity index (χ1v) is 3.38. The summed E-state index contributed by atoms with van der Waals surface area (Å²) in [5, 5.41) is 20.0. The van der Waals surface area contributed by atoms with Crippen molar-refractivity contribution in [3.8, 4) is 6.07 Å². The maximum Gasteiger partial charge on any atom is 0.264 e. The third-order valence-corrected chi connectivity index (χ3v) is 1.02. The van der Waals surface area contributed by atoms with Gasteiger partial charge in [-0.25, -0.2) is 0 Å². The number of aliphatic hydroxyl groups excluding tert-OH is 1. The van der Waals surface area contributed by atoms with E-state index >= 15 is 0 Å². The number of carbonyl (C=O) groups excluding carboxylic acids is 1. The summed E-state index contributed by atoms with van der Waals surface area (Å²) in [5.74, 6) is -1.41. The molecule has 5 nitrogen and oxygen atoms in total. The monoisotopic (exact) mass is 169 g/mol. The minimum absolute atomic E-state index is 0.0623.